The van der Waals surface area contributed by atoms with Gasteiger partial charge in [0.1, 0.15) is 11.3 Å². The molecule has 2 nitrogen and oxygen atoms in total. The molecule has 0 amide bonds. The van der Waals surface area contributed by atoms with Gasteiger partial charge < -0.3 is 5.73 Å². The summed E-state index contributed by atoms with van der Waals surface area (Å²) in [6.07, 6.45) is -5.41. The molecule has 0 spiro atoms. The number of rotatable bonds is 3. The molecule has 5 heteroatoms. The number of carbonyl (C=O) groups excluding carboxylic acids is 1. The van der Waals surface area contributed by atoms with Crippen molar-refractivity contribution in [3.63, 3.8) is 0 Å². The first-order chi connectivity index (χ1) is 7.67. The van der Waals surface area contributed by atoms with E-state index in [2.05, 4.69) is 0 Å². The summed E-state index contributed by atoms with van der Waals surface area (Å²) < 4.78 is 39.0. The maximum Gasteiger partial charge on any atom is 0.411 e. The Morgan fingerprint density at radius 3 is 2.35 bits per heavy atom. The molecule has 2 N–H and O–H groups in total. The quantitative estimate of drug-likeness (QED) is 0.889. The summed E-state index contributed by atoms with van der Waals surface area (Å²) in [7, 11) is 0. The lowest BCUT2D eigenvalue weighted by molar-refractivity contribution is -0.192. The fourth-order valence-corrected chi connectivity index (χ4v) is 1.68. The van der Waals surface area contributed by atoms with Gasteiger partial charge in [-0.1, -0.05) is 29.8 Å². The number of nitrogens with two attached hydrogens (primary N) is 1. The van der Waals surface area contributed by atoms with Gasteiger partial charge in [0.25, 0.3) is 0 Å². The zero-order valence-corrected chi connectivity index (χ0v) is 9.64. The zero-order chi connectivity index (χ0) is 13.3. The molecule has 0 saturated carbocycles. The first-order valence-corrected chi connectivity index (χ1v) is 5.09. The molecular weight excluding hydrogens is 231 g/mol. The van der Waals surface area contributed by atoms with Crippen LogP contribution in [0.15, 0.2) is 24.3 Å². The first kappa shape index (κ1) is 13.7. The highest BCUT2D eigenvalue weighted by Gasteiger charge is 2.53. The van der Waals surface area contributed by atoms with Gasteiger partial charge in [-0.2, -0.15) is 13.2 Å². The Bertz CT molecular complexity index is 428. The summed E-state index contributed by atoms with van der Waals surface area (Å²) >= 11 is 0. The molecule has 0 fully saturated rings. The normalized spacial score (nSPS) is 15.4. The van der Waals surface area contributed by atoms with Crippen LogP contribution in [0.25, 0.3) is 0 Å². The molecule has 0 aliphatic heterocycles. The second-order valence-electron chi connectivity index (χ2n) is 4.22. The number of alkyl halides is 3. The van der Waals surface area contributed by atoms with Crippen molar-refractivity contribution in [2.45, 2.75) is 32.0 Å². The number of aryl methyl sites for hydroxylation is 1. The van der Waals surface area contributed by atoms with Gasteiger partial charge in [0.2, 0.25) is 0 Å². The smallest absolute Gasteiger partial charge is 0.314 e. The molecule has 0 radical (unpaired) electrons. The van der Waals surface area contributed by atoms with Crippen molar-refractivity contribution in [3.8, 4) is 0 Å². The van der Waals surface area contributed by atoms with Crippen LogP contribution in [0.1, 0.15) is 24.5 Å². The van der Waals surface area contributed by atoms with Gasteiger partial charge >= 0.3 is 6.18 Å². The number of halogens is 3. The SMILES string of the molecule is CC(=O)C[C@@](N)(c1cccc(C)c1)C(F)(F)F. The highest BCUT2D eigenvalue weighted by atomic mass is 19.4. The molecule has 94 valence electrons. The second-order valence-corrected chi connectivity index (χ2v) is 4.22. The van der Waals surface area contributed by atoms with E-state index >= 15 is 0 Å². The van der Waals surface area contributed by atoms with E-state index in [9.17, 15) is 18.0 Å². The maximum atomic E-state index is 13.0. The number of hydrogen-bond donors (Lipinski definition) is 1. The third-order valence-corrected chi connectivity index (χ3v) is 2.57. The van der Waals surface area contributed by atoms with Crippen molar-refractivity contribution in [1.29, 1.82) is 0 Å². The summed E-state index contributed by atoms with van der Waals surface area (Å²) in [5, 5.41) is 0. The van der Waals surface area contributed by atoms with E-state index in [4.69, 9.17) is 5.73 Å². The minimum Gasteiger partial charge on any atom is -0.314 e. The number of carbonyl (C=O) groups is 1. The molecule has 1 rings (SSSR count). The van der Waals surface area contributed by atoms with Gasteiger partial charge in [0.15, 0.2) is 0 Å². The maximum absolute atomic E-state index is 13.0. The summed E-state index contributed by atoms with van der Waals surface area (Å²) in [5.41, 5.74) is 3.40. The van der Waals surface area contributed by atoms with Crippen molar-refractivity contribution in [2.75, 3.05) is 0 Å². The van der Waals surface area contributed by atoms with E-state index in [1.807, 2.05) is 0 Å². The van der Waals surface area contributed by atoms with Crippen LogP contribution in [0.3, 0.4) is 0 Å². The molecule has 0 aromatic heterocycles. The molecule has 0 saturated heterocycles. The Morgan fingerprint density at radius 2 is 1.94 bits per heavy atom. The van der Waals surface area contributed by atoms with Crippen LogP contribution in [-0.4, -0.2) is 12.0 Å². The summed E-state index contributed by atoms with van der Waals surface area (Å²) in [4.78, 5) is 11.0. The fourth-order valence-electron chi connectivity index (χ4n) is 1.68. The molecule has 0 aliphatic rings. The van der Waals surface area contributed by atoms with Crippen molar-refractivity contribution in [2.24, 2.45) is 5.73 Å². The lowest BCUT2D eigenvalue weighted by Crippen LogP contribution is -2.51. The summed E-state index contributed by atoms with van der Waals surface area (Å²) in [5.74, 6) is -0.591. The summed E-state index contributed by atoms with van der Waals surface area (Å²) in [6, 6.07) is 5.83. The van der Waals surface area contributed by atoms with E-state index in [1.165, 1.54) is 18.2 Å². The number of hydrogen-bond acceptors (Lipinski definition) is 2. The van der Waals surface area contributed by atoms with Gasteiger partial charge in [-0.05, 0) is 19.4 Å². The second kappa shape index (κ2) is 4.49. The van der Waals surface area contributed by atoms with Gasteiger partial charge in [-0.15, -0.1) is 0 Å². The predicted molar refractivity (Wildman–Crippen MR) is 58.4 cm³/mol. The molecular formula is C12H14F3NO. The van der Waals surface area contributed by atoms with Crippen molar-refractivity contribution < 1.29 is 18.0 Å². The Kier molecular flexibility index (Phi) is 3.62. The first-order valence-electron chi connectivity index (χ1n) is 5.09. The average Bonchev–Trinajstić information content (AvgIpc) is 2.14. The highest BCUT2D eigenvalue weighted by molar-refractivity contribution is 5.77. The Balaban J connectivity index is 3.29. The lowest BCUT2D eigenvalue weighted by Gasteiger charge is -2.31. The molecule has 0 aliphatic carbocycles. The van der Waals surface area contributed by atoms with Gasteiger partial charge in [-0.3, -0.25) is 4.79 Å². The predicted octanol–water partition coefficient (Wildman–Crippen LogP) is 2.69. The van der Waals surface area contributed by atoms with E-state index in [0.29, 0.717) is 5.56 Å². The highest BCUT2D eigenvalue weighted by Crippen LogP contribution is 2.39. The minimum atomic E-state index is -4.66. The van der Waals surface area contributed by atoms with Crippen molar-refractivity contribution in [1.82, 2.24) is 0 Å². The zero-order valence-electron chi connectivity index (χ0n) is 9.64. The van der Waals surface area contributed by atoms with Crippen molar-refractivity contribution in [3.05, 3.63) is 35.4 Å². The van der Waals surface area contributed by atoms with Crippen molar-refractivity contribution >= 4 is 5.78 Å². The van der Waals surface area contributed by atoms with E-state index in [-0.39, 0.29) is 5.56 Å². The Morgan fingerprint density at radius 1 is 1.35 bits per heavy atom. The fraction of sp³-hybridized carbons (Fsp3) is 0.417. The molecule has 0 bridgehead atoms. The standard InChI is InChI=1S/C12H14F3NO/c1-8-4-3-5-10(6-8)11(16,7-9(2)17)12(13,14)15/h3-6H,7,16H2,1-2H3/t11-/m1/s1. The van der Waals surface area contributed by atoms with E-state index in [0.717, 1.165) is 6.92 Å². The van der Waals surface area contributed by atoms with Crippen LogP contribution in [0.5, 0.6) is 0 Å². The Hall–Kier alpha value is -1.36. The summed E-state index contributed by atoms with van der Waals surface area (Å²) in [6.45, 7) is 2.78. The molecule has 0 unspecified atom stereocenters. The monoisotopic (exact) mass is 245 g/mol. The third-order valence-electron chi connectivity index (χ3n) is 2.57. The number of ketones is 1. The van der Waals surface area contributed by atoms with Crippen LogP contribution in [-0.2, 0) is 10.3 Å². The van der Waals surface area contributed by atoms with Crippen LogP contribution < -0.4 is 5.73 Å². The van der Waals surface area contributed by atoms with E-state index < -0.39 is 23.9 Å². The molecule has 1 aromatic rings. The van der Waals surface area contributed by atoms with Gasteiger partial charge in [-0.25, -0.2) is 0 Å². The van der Waals surface area contributed by atoms with Crippen LogP contribution in [0.2, 0.25) is 0 Å². The largest absolute Gasteiger partial charge is 0.411 e. The van der Waals surface area contributed by atoms with Gasteiger partial charge in [0.05, 0.1) is 0 Å². The minimum absolute atomic E-state index is 0.0831. The lowest BCUT2D eigenvalue weighted by atomic mass is 9.85. The molecule has 17 heavy (non-hydrogen) atoms. The topological polar surface area (TPSA) is 43.1 Å². The molecule has 1 atom stereocenters. The van der Waals surface area contributed by atoms with Crippen LogP contribution >= 0.6 is 0 Å². The third kappa shape index (κ3) is 2.85. The molecule has 1 aromatic carbocycles. The van der Waals surface area contributed by atoms with Crippen LogP contribution in [0.4, 0.5) is 13.2 Å². The van der Waals surface area contributed by atoms with Gasteiger partial charge in [0, 0.05) is 6.42 Å². The van der Waals surface area contributed by atoms with E-state index in [1.54, 1.807) is 13.0 Å². The number of benzene rings is 1. The Labute approximate surface area is 97.6 Å². The molecule has 0 heterocycles. The average molecular weight is 245 g/mol. The number of Topliss-reactive ketones (excluding diaryl/α,β-unsaturated/α-hetero) is 1. The van der Waals surface area contributed by atoms with Crippen LogP contribution in [0, 0.1) is 6.92 Å².